The van der Waals surface area contributed by atoms with E-state index >= 15 is 0 Å². The second kappa shape index (κ2) is 7.65. The summed E-state index contributed by atoms with van der Waals surface area (Å²) >= 11 is 1.37. The van der Waals surface area contributed by atoms with Crippen molar-refractivity contribution in [1.29, 1.82) is 0 Å². The van der Waals surface area contributed by atoms with Gasteiger partial charge in [-0.1, -0.05) is 6.07 Å². The van der Waals surface area contributed by atoms with Gasteiger partial charge in [-0.15, -0.1) is 11.3 Å². The molecule has 29 heavy (non-hydrogen) atoms. The summed E-state index contributed by atoms with van der Waals surface area (Å²) < 4.78 is 20.0. The maximum atomic E-state index is 13.1. The summed E-state index contributed by atoms with van der Waals surface area (Å²) in [4.78, 5) is 13.4. The molecule has 0 aliphatic carbocycles. The Labute approximate surface area is 170 Å². The second-order valence-electron chi connectivity index (χ2n) is 6.54. The Balaban J connectivity index is 1.55. The normalized spacial score (nSPS) is 13.2. The van der Waals surface area contributed by atoms with Crippen LogP contribution in [0.1, 0.15) is 21.1 Å². The summed E-state index contributed by atoms with van der Waals surface area (Å²) in [6, 6.07) is 14.5. The third-order valence-corrected chi connectivity index (χ3v) is 5.64. The molecule has 0 spiro atoms. The average Bonchev–Trinajstić information content (AvgIpc) is 3.48. The largest absolute Gasteiger partial charge is 0.466 e. The van der Waals surface area contributed by atoms with E-state index in [1.54, 1.807) is 43.4 Å². The minimum Gasteiger partial charge on any atom is -0.466 e. The molecule has 1 atom stereocenters. The highest BCUT2D eigenvalue weighted by Gasteiger charge is 2.36. The number of carbonyl (C=O) groups is 1. The molecule has 1 amide bonds. The van der Waals surface area contributed by atoms with Crippen molar-refractivity contribution in [2.45, 2.75) is 5.60 Å². The van der Waals surface area contributed by atoms with E-state index in [-0.39, 0.29) is 12.4 Å². The van der Waals surface area contributed by atoms with Crippen molar-refractivity contribution in [3.05, 3.63) is 88.4 Å². The molecule has 0 aliphatic heterocycles. The van der Waals surface area contributed by atoms with Crippen molar-refractivity contribution >= 4 is 17.2 Å². The molecule has 0 saturated carbocycles. The van der Waals surface area contributed by atoms with Crippen LogP contribution in [0.4, 0.5) is 4.39 Å². The number of aryl methyl sites for hydroxylation is 1. The Morgan fingerprint density at radius 1 is 1.28 bits per heavy atom. The molecule has 0 bridgehead atoms. The number of amides is 1. The van der Waals surface area contributed by atoms with E-state index < -0.39 is 11.5 Å². The number of halogens is 1. The van der Waals surface area contributed by atoms with Gasteiger partial charge in [-0.2, -0.15) is 5.10 Å². The fraction of sp³-hybridized carbons (Fsp3) is 0.143. The number of thiophene rings is 1. The summed E-state index contributed by atoms with van der Waals surface area (Å²) in [5.74, 6) is -0.388. The van der Waals surface area contributed by atoms with E-state index in [0.29, 0.717) is 27.6 Å². The van der Waals surface area contributed by atoms with E-state index in [2.05, 4.69) is 10.4 Å². The van der Waals surface area contributed by atoms with Crippen LogP contribution in [0.15, 0.2) is 70.7 Å². The molecule has 8 heteroatoms. The fourth-order valence-electron chi connectivity index (χ4n) is 3.06. The zero-order valence-electron chi connectivity index (χ0n) is 15.5. The van der Waals surface area contributed by atoms with Crippen LogP contribution in [0.5, 0.6) is 0 Å². The molecule has 6 nitrogen and oxygen atoms in total. The number of aromatic nitrogens is 2. The molecule has 0 aliphatic rings. The van der Waals surface area contributed by atoms with Gasteiger partial charge >= 0.3 is 0 Å². The van der Waals surface area contributed by atoms with Crippen LogP contribution < -0.4 is 5.32 Å². The lowest BCUT2D eigenvalue weighted by Gasteiger charge is -2.25. The molecule has 4 rings (SSSR count). The molecule has 0 radical (unpaired) electrons. The first-order chi connectivity index (χ1) is 14.0. The van der Waals surface area contributed by atoms with Gasteiger partial charge in [-0.3, -0.25) is 9.48 Å². The van der Waals surface area contributed by atoms with E-state index in [1.807, 2.05) is 11.4 Å². The van der Waals surface area contributed by atoms with Gasteiger partial charge in [0.15, 0.2) is 5.60 Å². The summed E-state index contributed by atoms with van der Waals surface area (Å²) in [6.07, 6.45) is 1.48. The Hall–Kier alpha value is -3.23. The first-order valence-electron chi connectivity index (χ1n) is 8.86. The van der Waals surface area contributed by atoms with Gasteiger partial charge in [0, 0.05) is 17.5 Å². The van der Waals surface area contributed by atoms with Crippen LogP contribution in [-0.2, 0) is 12.6 Å². The minimum atomic E-state index is -1.48. The zero-order chi connectivity index (χ0) is 20.4. The van der Waals surface area contributed by atoms with Gasteiger partial charge in [-0.05, 0) is 53.9 Å². The Bertz CT molecular complexity index is 1070. The first kappa shape index (κ1) is 19.1. The summed E-state index contributed by atoms with van der Waals surface area (Å²) in [5.41, 5.74) is 0.0901. The summed E-state index contributed by atoms with van der Waals surface area (Å²) in [6.45, 7) is -0.0725. The molecule has 4 aromatic rings. The molecular weight excluding hydrogens is 393 g/mol. The summed E-state index contributed by atoms with van der Waals surface area (Å²) in [5, 5.41) is 20.2. The van der Waals surface area contributed by atoms with Crippen LogP contribution >= 0.6 is 11.3 Å². The van der Waals surface area contributed by atoms with Crippen LogP contribution in [-0.4, -0.2) is 27.3 Å². The lowest BCUT2D eigenvalue weighted by Crippen LogP contribution is -2.41. The van der Waals surface area contributed by atoms with Gasteiger partial charge in [-0.25, -0.2) is 4.39 Å². The van der Waals surface area contributed by atoms with Crippen LogP contribution in [0.25, 0.3) is 11.3 Å². The van der Waals surface area contributed by atoms with Gasteiger partial charge in [0.25, 0.3) is 5.91 Å². The Kier molecular flexibility index (Phi) is 5.04. The molecule has 3 heterocycles. The van der Waals surface area contributed by atoms with E-state index in [0.717, 1.165) is 0 Å². The van der Waals surface area contributed by atoms with Crippen LogP contribution in [0, 0.1) is 5.82 Å². The molecule has 3 aromatic heterocycles. The van der Waals surface area contributed by atoms with E-state index in [1.165, 1.54) is 34.4 Å². The predicted molar refractivity (Wildman–Crippen MR) is 107 cm³/mol. The zero-order valence-corrected chi connectivity index (χ0v) is 16.3. The van der Waals surface area contributed by atoms with Crippen molar-refractivity contribution in [2.24, 2.45) is 7.05 Å². The molecule has 1 aromatic carbocycles. The standard InChI is InChI=1S/C21H18FN3O3S/c1-25-17(12-16(24-25)14-6-8-15(22)9-7-14)20(26)23-13-21(27,18-4-2-10-28-18)19-5-3-11-29-19/h2-12,27H,13H2,1H3,(H,23,26). The number of aliphatic hydroxyl groups is 1. The topological polar surface area (TPSA) is 80.3 Å². The molecule has 2 N–H and O–H groups in total. The van der Waals surface area contributed by atoms with Crippen molar-refractivity contribution in [3.63, 3.8) is 0 Å². The average molecular weight is 411 g/mol. The number of benzene rings is 1. The molecule has 148 valence electrons. The van der Waals surface area contributed by atoms with Gasteiger partial charge in [0.1, 0.15) is 17.3 Å². The highest BCUT2D eigenvalue weighted by Crippen LogP contribution is 2.32. The number of hydrogen-bond donors (Lipinski definition) is 2. The van der Waals surface area contributed by atoms with Crippen molar-refractivity contribution in [3.8, 4) is 11.3 Å². The third kappa shape index (κ3) is 3.72. The van der Waals surface area contributed by atoms with Gasteiger partial charge in [0.2, 0.25) is 0 Å². The third-order valence-electron chi connectivity index (χ3n) is 4.61. The highest BCUT2D eigenvalue weighted by atomic mass is 32.1. The predicted octanol–water partition coefficient (Wildman–Crippen LogP) is 3.55. The van der Waals surface area contributed by atoms with Gasteiger partial charge < -0.3 is 14.8 Å². The van der Waals surface area contributed by atoms with Crippen molar-refractivity contribution in [1.82, 2.24) is 15.1 Å². The smallest absolute Gasteiger partial charge is 0.269 e. The SMILES string of the molecule is Cn1nc(-c2ccc(F)cc2)cc1C(=O)NCC(O)(c1ccco1)c1cccs1. The second-order valence-corrected chi connectivity index (χ2v) is 7.49. The van der Waals surface area contributed by atoms with E-state index in [4.69, 9.17) is 4.42 Å². The Morgan fingerprint density at radius 2 is 2.07 bits per heavy atom. The monoisotopic (exact) mass is 411 g/mol. The molecule has 0 saturated heterocycles. The van der Waals surface area contributed by atoms with Crippen molar-refractivity contribution < 1.29 is 18.7 Å². The van der Waals surface area contributed by atoms with Crippen LogP contribution in [0.3, 0.4) is 0 Å². The van der Waals surface area contributed by atoms with Crippen LogP contribution in [0.2, 0.25) is 0 Å². The fourth-order valence-corrected chi connectivity index (χ4v) is 3.89. The number of nitrogens with zero attached hydrogens (tertiary/aromatic N) is 2. The lowest BCUT2D eigenvalue weighted by atomic mass is 9.98. The highest BCUT2D eigenvalue weighted by molar-refractivity contribution is 7.10. The Morgan fingerprint density at radius 3 is 2.72 bits per heavy atom. The maximum absolute atomic E-state index is 13.1. The molecule has 0 fully saturated rings. The lowest BCUT2D eigenvalue weighted by molar-refractivity contribution is 0.0551. The van der Waals surface area contributed by atoms with Gasteiger partial charge in [0.05, 0.1) is 18.5 Å². The maximum Gasteiger partial charge on any atom is 0.269 e. The summed E-state index contributed by atoms with van der Waals surface area (Å²) in [7, 11) is 1.65. The van der Waals surface area contributed by atoms with E-state index in [9.17, 15) is 14.3 Å². The first-order valence-corrected chi connectivity index (χ1v) is 9.74. The minimum absolute atomic E-state index is 0.0725. The number of carbonyl (C=O) groups excluding carboxylic acids is 1. The molecule has 1 unspecified atom stereocenters. The molecular formula is C21H18FN3O3S. The van der Waals surface area contributed by atoms with Crippen molar-refractivity contribution in [2.75, 3.05) is 6.54 Å². The number of hydrogen-bond acceptors (Lipinski definition) is 5. The quantitative estimate of drug-likeness (QED) is 0.509. The number of furan rings is 1. The number of nitrogens with one attached hydrogen (secondary N) is 1. The number of rotatable bonds is 6.